The first-order valence-corrected chi connectivity index (χ1v) is 7.86. The van der Waals surface area contributed by atoms with Crippen LogP contribution in [0.1, 0.15) is 17.5 Å². The minimum absolute atomic E-state index is 0.119. The molecule has 3 aromatic rings. The minimum Gasteiger partial charge on any atom is -0.326 e. The van der Waals surface area contributed by atoms with Crippen molar-refractivity contribution in [3.8, 4) is 0 Å². The zero-order chi connectivity index (χ0) is 17.1. The molecule has 122 valence electrons. The molecule has 1 aromatic heterocycles. The first-order chi connectivity index (χ1) is 11.5. The number of hydrogen-bond acceptors (Lipinski definition) is 3. The minimum atomic E-state index is -0.130. The summed E-state index contributed by atoms with van der Waals surface area (Å²) in [7, 11) is 0. The fourth-order valence-corrected chi connectivity index (χ4v) is 2.58. The lowest BCUT2D eigenvalue weighted by atomic mass is 10.1. The second-order valence-corrected chi connectivity index (χ2v) is 5.88. The summed E-state index contributed by atoms with van der Waals surface area (Å²) >= 11 is 0. The highest BCUT2D eigenvalue weighted by atomic mass is 16.1. The molecule has 0 aliphatic rings. The van der Waals surface area contributed by atoms with Crippen molar-refractivity contribution in [2.75, 3.05) is 5.32 Å². The van der Waals surface area contributed by atoms with Gasteiger partial charge in [0.05, 0.1) is 17.2 Å². The molecule has 0 spiro atoms. The first-order valence-electron chi connectivity index (χ1n) is 7.86. The standard InChI is InChI=1S/C19H19N3O2/c1-13-6-8-15(9-7-13)21-17(23)10-11-22-12-20-18-14(2)4-3-5-16(18)19(22)24/h3-9,12H,10-11H2,1-2H3,(H,21,23). The third kappa shape index (κ3) is 3.35. The predicted molar refractivity (Wildman–Crippen MR) is 95.2 cm³/mol. The number of carbonyl (C=O) groups is 1. The molecule has 0 aliphatic carbocycles. The van der Waals surface area contributed by atoms with Crippen molar-refractivity contribution in [2.45, 2.75) is 26.8 Å². The Labute approximate surface area is 140 Å². The van der Waals surface area contributed by atoms with Gasteiger partial charge in [0.1, 0.15) is 0 Å². The average Bonchev–Trinajstić information content (AvgIpc) is 2.57. The molecule has 1 heterocycles. The van der Waals surface area contributed by atoms with Gasteiger partial charge in [-0.1, -0.05) is 29.8 Å². The van der Waals surface area contributed by atoms with Gasteiger partial charge in [0.25, 0.3) is 5.56 Å². The topological polar surface area (TPSA) is 64.0 Å². The van der Waals surface area contributed by atoms with Crippen molar-refractivity contribution in [1.82, 2.24) is 9.55 Å². The van der Waals surface area contributed by atoms with Gasteiger partial charge in [-0.2, -0.15) is 0 Å². The van der Waals surface area contributed by atoms with Crippen molar-refractivity contribution in [2.24, 2.45) is 0 Å². The number of amides is 1. The molecule has 0 saturated heterocycles. The van der Waals surface area contributed by atoms with Crippen LogP contribution in [0.2, 0.25) is 0 Å². The molecular weight excluding hydrogens is 302 g/mol. The van der Waals surface area contributed by atoms with Crippen molar-refractivity contribution in [3.63, 3.8) is 0 Å². The number of hydrogen-bond donors (Lipinski definition) is 1. The number of fused-ring (bicyclic) bond motifs is 1. The highest BCUT2D eigenvalue weighted by Gasteiger charge is 2.08. The molecule has 0 fully saturated rings. The monoisotopic (exact) mass is 321 g/mol. The van der Waals surface area contributed by atoms with E-state index in [0.29, 0.717) is 17.4 Å². The van der Waals surface area contributed by atoms with Gasteiger partial charge < -0.3 is 5.32 Å². The van der Waals surface area contributed by atoms with Crippen LogP contribution < -0.4 is 10.9 Å². The maximum Gasteiger partial charge on any atom is 0.261 e. The number of carbonyl (C=O) groups excluding carboxylic acids is 1. The van der Waals surface area contributed by atoms with Crippen molar-refractivity contribution in [1.29, 1.82) is 0 Å². The van der Waals surface area contributed by atoms with Crippen LogP contribution in [0.4, 0.5) is 5.69 Å². The molecule has 0 atom stereocenters. The molecule has 1 amide bonds. The summed E-state index contributed by atoms with van der Waals surface area (Å²) in [6.07, 6.45) is 1.73. The molecule has 2 aromatic carbocycles. The zero-order valence-electron chi connectivity index (χ0n) is 13.7. The summed E-state index contributed by atoms with van der Waals surface area (Å²) in [6.45, 7) is 4.22. The number of nitrogens with zero attached hydrogens (tertiary/aromatic N) is 2. The van der Waals surface area contributed by atoms with Crippen LogP contribution in [0.3, 0.4) is 0 Å². The van der Waals surface area contributed by atoms with Crippen LogP contribution in [0.25, 0.3) is 10.9 Å². The summed E-state index contributed by atoms with van der Waals surface area (Å²) < 4.78 is 1.48. The molecule has 3 rings (SSSR count). The number of aromatic nitrogens is 2. The molecule has 5 nitrogen and oxygen atoms in total. The molecule has 0 aliphatic heterocycles. The highest BCUT2D eigenvalue weighted by Crippen LogP contribution is 2.12. The van der Waals surface area contributed by atoms with E-state index >= 15 is 0 Å². The molecule has 1 N–H and O–H groups in total. The summed E-state index contributed by atoms with van der Waals surface area (Å²) in [4.78, 5) is 28.9. The van der Waals surface area contributed by atoms with Gasteiger partial charge in [0.2, 0.25) is 5.91 Å². The van der Waals surface area contributed by atoms with E-state index in [0.717, 1.165) is 16.8 Å². The predicted octanol–water partition coefficient (Wildman–Crippen LogP) is 3.04. The number of nitrogens with one attached hydrogen (secondary N) is 1. The number of para-hydroxylation sites is 1. The molecule has 24 heavy (non-hydrogen) atoms. The second kappa shape index (κ2) is 6.66. The summed E-state index contributed by atoms with van der Waals surface area (Å²) in [5.41, 5.74) is 3.45. The van der Waals surface area contributed by atoms with E-state index in [1.54, 1.807) is 6.07 Å². The number of rotatable bonds is 4. The molecule has 0 radical (unpaired) electrons. The van der Waals surface area contributed by atoms with Crippen LogP contribution in [0, 0.1) is 13.8 Å². The van der Waals surface area contributed by atoms with E-state index in [9.17, 15) is 9.59 Å². The van der Waals surface area contributed by atoms with E-state index in [-0.39, 0.29) is 17.9 Å². The summed E-state index contributed by atoms with van der Waals surface area (Å²) in [6, 6.07) is 13.1. The van der Waals surface area contributed by atoms with Gasteiger partial charge in [-0.15, -0.1) is 0 Å². The number of aryl methyl sites for hydroxylation is 3. The van der Waals surface area contributed by atoms with Gasteiger partial charge in [0, 0.05) is 18.7 Å². The first kappa shape index (κ1) is 15.9. The van der Waals surface area contributed by atoms with E-state index in [4.69, 9.17) is 0 Å². The normalized spacial score (nSPS) is 10.8. The number of benzene rings is 2. The van der Waals surface area contributed by atoms with E-state index in [1.807, 2.05) is 50.2 Å². The third-order valence-electron chi connectivity index (χ3n) is 3.97. The van der Waals surface area contributed by atoms with Gasteiger partial charge >= 0.3 is 0 Å². The highest BCUT2D eigenvalue weighted by molar-refractivity contribution is 5.90. The Morgan fingerprint density at radius 1 is 1.12 bits per heavy atom. The quantitative estimate of drug-likeness (QED) is 0.803. The van der Waals surface area contributed by atoms with Crippen LogP contribution in [0.15, 0.2) is 53.6 Å². The molecule has 5 heteroatoms. The zero-order valence-corrected chi connectivity index (χ0v) is 13.7. The van der Waals surface area contributed by atoms with Crippen molar-refractivity contribution < 1.29 is 4.79 Å². The van der Waals surface area contributed by atoms with Crippen LogP contribution in [0.5, 0.6) is 0 Å². The lowest BCUT2D eigenvalue weighted by molar-refractivity contribution is -0.116. The van der Waals surface area contributed by atoms with E-state index in [1.165, 1.54) is 10.9 Å². The molecule has 0 unspecified atom stereocenters. The fraction of sp³-hybridized carbons (Fsp3) is 0.211. The van der Waals surface area contributed by atoms with Crippen LogP contribution >= 0.6 is 0 Å². The average molecular weight is 321 g/mol. The summed E-state index contributed by atoms with van der Waals surface area (Å²) in [5.74, 6) is -0.130. The maximum absolute atomic E-state index is 12.5. The van der Waals surface area contributed by atoms with Gasteiger partial charge in [-0.05, 0) is 37.6 Å². The Kier molecular flexibility index (Phi) is 4.42. The maximum atomic E-state index is 12.5. The molecule has 0 bridgehead atoms. The Morgan fingerprint density at radius 3 is 2.62 bits per heavy atom. The lowest BCUT2D eigenvalue weighted by Gasteiger charge is -2.08. The Morgan fingerprint density at radius 2 is 1.88 bits per heavy atom. The Balaban J connectivity index is 1.71. The SMILES string of the molecule is Cc1ccc(NC(=O)CCn2cnc3c(C)cccc3c2=O)cc1. The lowest BCUT2D eigenvalue weighted by Crippen LogP contribution is -2.23. The number of anilines is 1. The van der Waals surface area contributed by atoms with E-state index < -0.39 is 0 Å². The summed E-state index contributed by atoms with van der Waals surface area (Å²) in [5, 5.41) is 3.41. The second-order valence-electron chi connectivity index (χ2n) is 5.88. The van der Waals surface area contributed by atoms with Gasteiger partial charge in [0.15, 0.2) is 0 Å². The van der Waals surface area contributed by atoms with Gasteiger partial charge in [-0.25, -0.2) is 4.98 Å². The molecular formula is C19H19N3O2. The molecule has 0 saturated carbocycles. The Bertz CT molecular complexity index is 943. The third-order valence-corrected chi connectivity index (χ3v) is 3.97. The van der Waals surface area contributed by atoms with Crippen LogP contribution in [-0.2, 0) is 11.3 Å². The van der Waals surface area contributed by atoms with Crippen molar-refractivity contribution >= 4 is 22.5 Å². The largest absolute Gasteiger partial charge is 0.326 e. The Hall–Kier alpha value is -2.95. The van der Waals surface area contributed by atoms with E-state index in [2.05, 4.69) is 10.3 Å². The smallest absolute Gasteiger partial charge is 0.261 e. The van der Waals surface area contributed by atoms with Crippen molar-refractivity contribution in [3.05, 3.63) is 70.3 Å². The van der Waals surface area contributed by atoms with Crippen LogP contribution in [-0.4, -0.2) is 15.5 Å². The van der Waals surface area contributed by atoms with Gasteiger partial charge in [-0.3, -0.25) is 14.2 Å². The fourth-order valence-electron chi connectivity index (χ4n) is 2.58.